The van der Waals surface area contributed by atoms with E-state index >= 15 is 0 Å². The van der Waals surface area contributed by atoms with Crippen LogP contribution in [0.15, 0.2) is 36.4 Å². The zero-order chi connectivity index (χ0) is 26.6. The summed E-state index contributed by atoms with van der Waals surface area (Å²) in [6.45, 7) is 5.66. The second kappa shape index (κ2) is 9.40. The van der Waals surface area contributed by atoms with Crippen LogP contribution in [-0.2, 0) is 5.67 Å². The van der Waals surface area contributed by atoms with Crippen LogP contribution in [0.3, 0.4) is 0 Å². The number of carbonyl (C=O) groups excluding carboxylic acids is 1. The Kier molecular flexibility index (Phi) is 7.53. The fourth-order valence-corrected chi connectivity index (χ4v) is 4.88. The maximum atomic E-state index is 14.6. The van der Waals surface area contributed by atoms with Gasteiger partial charge in [-0.2, -0.15) is 38.1 Å². The molecule has 2 aromatic carbocycles. The van der Waals surface area contributed by atoms with Crippen LogP contribution >= 0.6 is 34.4 Å². The van der Waals surface area contributed by atoms with Crippen LogP contribution in [0.5, 0.6) is 0 Å². The van der Waals surface area contributed by atoms with Gasteiger partial charge in [0.15, 0.2) is 0 Å². The van der Waals surface area contributed by atoms with E-state index < -0.39 is 35.7 Å². The molecule has 12 heteroatoms. The molecule has 0 radical (unpaired) electrons. The van der Waals surface area contributed by atoms with Crippen LogP contribution in [0.1, 0.15) is 47.1 Å². The first kappa shape index (κ1) is 28.0. The number of benzene rings is 2. The molecule has 35 heavy (non-hydrogen) atoms. The van der Waals surface area contributed by atoms with Crippen LogP contribution in [0.4, 0.5) is 36.4 Å². The van der Waals surface area contributed by atoms with Crippen LogP contribution in [0.25, 0.3) is 0 Å². The van der Waals surface area contributed by atoms with E-state index in [-0.39, 0.29) is 16.0 Å². The van der Waals surface area contributed by atoms with E-state index in [1.807, 2.05) is 20.1 Å². The molecular weight excluding hydrogens is 612 g/mol. The fraction of sp³-hybridized carbons (Fsp3) is 0.435. The molecule has 3 nitrogen and oxygen atoms in total. The summed E-state index contributed by atoms with van der Waals surface area (Å²) in [6, 6.07) is 6.96. The summed E-state index contributed by atoms with van der Waals surface area (Å²) in [7, 11) is 0. The van der Waals surface area contributed by atoms with Crippen LogP contribution in [0, 0.1) is 10.5 Å². The van der Waals surface area contributed by atoms with Gasteiger partial charge in [0.25, 0.3) is 5.91 Å². The molecule has 1 heterocycles. The van der Waals surface area contributed by atoms with E-state index in [0.717, 1.165) is 9.64 Å². The van der Waals surface area contributed by atoms with Gasteiger partial charge in [-0.3, -0.25) is 15.0 Å². The lowest BCUT2D eigenvalue weighted by atomic mass is 9.92. The second-order valence-electron chi connectivity index (χ2n) is 8.78. The van der Waals surface area contributed by atoms with E-state index in [1.54, 1.807) is 30.0 Å². The molecule has 2 aromatic rings. The molecule has 0 aromatic heterocycles. The Bertz CT molecular complexity index is 1120. The number of aryl methyl sites for hydroxylation is 1. The quantitative estimate of drug-likeness (QED) is 0.268. The minimum atomic E-state index is -6.22. The predicted molar refractivity (Wildman–Crippen MR) is 130 cm³/mol. The standard InChI is InChI=1S/C23H22F7IN2OS/c1-12-10-13(21(24,22(25,26)27)23(28,29)30)8-9-16(12)33-18(32-11-20(2,3)35-4)17-14(19(33)34)6-5-7-15(17)31/h5-10,18,32H,11H2,1-4H3. The molecule has 0 saturated heterocycles. The van der Waals surface area contributed by atoms with E-state index in [0.29, 0.717) is 29.8 Å². The molecule has 0 saturated carbocycles. The molecule has 1 unspecified atom stereocenters. The summed E-state index contributed by atoms with van der Waals surface area (Å²) < 4.78 is 94.6. The zero-order valence-corrected chi connectivity index (χ0v) is 22.0. The second-order valence-corrected chi connectivity index (χ2v) is 11.5. The number of alkyl halides is 7. The first-order valence-corrected chi connectivity index (χ1v) is 12.6. The molecular formula is C23H22F7IN2OS. The number of hydrogen-bond donors (Lipinski definition) is 1. The van der Waals surface area contributed by atoms with Crippen LogP contribution in [-0.4, -0.2) is 35.8 Å². The summed E-state index contributed by atoms with van der Waals surface area (Å²) >= 11 is 3.65. The van der Waals surface area contributed by atoms with Crippen molar-refractivity contribution in [2.75, 3.05) is 17.7 Å². The summed E-state index contributed by atoms with van der Waals surface area (Å²) in [5.74, 6) is -0.466. The number of hydrogen-bond acceptors (Lipinski definition) is 3. The molecule has 3 rings (SSSR count). The van der Waals surface area contributed by atoms with Crippen molar-refractivity contribution in [2.45, 2.75) is 49.7 Å². The highest BCUT2D eigenvalue weighted by Crippen LogP contribution is 2.54. The fourth-order valence-electron chi connectivity index (χ4n) is 3.86. The Morgan fingerprint density at radius 3 is 2.14 bits per heavy atom. The molecule has 0 fully saturated rings. The number of amides is 1. The highest BCUT2D eigenvalue weighted by atomic mass is 127. The number of halogens is 8. The van der Waals surface area contributed by atoms with E-state index in [1.165, 1.54) is 11.8 Å². The number of carbonyl (C=O) groups is 1. The largest absolute Gasteiger partial charge is 0.435 e. The van der Waals surface area contributed by atoms with Gasteiger partial charge in [0.2, 0.25) is 0 Å². The van der Waals surface area contributed by atoms with Crippen molar-refractivity contribution >= 4 is 45.9 Å². The zero-order valence-electron chi connectivity index (χ0n) is 19.0. The topological polar surface area (TPSA) is 32.3 Å². The first-order valence-electron chi connectivity index (χ1n) is 10.3. The average molecular weight is 634 g/mol. The third kappa shape index (κ3) is 4.89. The van der Waals surface area contributed by atoms with Gasteiger partial charge < -0.3 is 0 Å². The van der Waals surface area contributed by atoms with Crippen molar-refractivity contribution < 1.29 is 35.5 Å². The minimum absolute atomic E-state index is 0.0805. The number of fused-ring (bicyclic) bond motifs is 1. The Hall–Kier alpha value is -1.54. The van der Waals surface area contributed by atoms with Crippen LogP contribution < -0.4 is 10.2 Å². The summed E-state index contributed by atoms with van der Waals surface area (Å²) in [5, 5.41) is 3.31. The average Bonchev–Trinajstić information content (AvgIpc) is 3.03. The highest BCUT2D eigenvalue weighted by Gasteiger charge is 2.73. The molecule has 0 spiro atoms. The van der Waals surface area contributed by atoms with Gasteiger partial charge >= 0.3 is 18.0 Å². The molecule has 1 atom stereocenters. The van der Waals surface area contributed by atoms with Gasteiger partial charge in [-0.15, -0.1) is 0 Å². The normalized spacial score (nSPS) is 17.2. The van der Waals surface area contributed by atoms with Crippen molar-refractivity contribution in [1.82, 2.24) is 5.32 Å². The molecule has 1 aliphatic heterocycles. The van der Waals surface area contributed by atoms with Crippen molar-refractivity contribution in [3.8, 4) is 0 Å². The summed E-state index contributed by atoms with van der Waals surface area (Å²) in [4.78, 5) is 14.6. The predicted octanol–water partition coefficient (Wildman–Crippen LogP) is 7.28. The summed E-state index contributed by atoms with van der Waals surface area (Å²) in [6.07, 6.45) is -11.2. The minimum Gasteiger partial charge on any atom is -0.292 e. The van der Waals surface area contributed by atoms with Crippen LogP contribution in [0.2, 0.25) is 0 Å². The van der Waals surface area contributed by atoms with Gasteiger partial charge in [-0.05, 0) is 73.4 Å². The van der Waals surface area contributed by atoms with E-state index in [9.17, 15) is 35.5 Å². The number of rotatable bonds is 6. The van der Waals surface area contributed by atoms with Gasteiger partial charge in [0.1, 0.15) is 6.17 Å². The third-order valence-corrected chi connectivity index (χ3v) is 8.13. The molecule has 192 valence electrons. The van der Waals surface area contributed by atoms with Gasteiger partial charge in [0, 0.05) is 37.2 Å². The lowest BCUT2D eigenvalue weighted by Gasteiger charge is -2.33. The van der Waals surface area contributed by atoms with Crippen molar-refractivity contribution in [3.63, 3.8) is 0 Å². The van der Waals surface area contributed by atoms with Crippen molar-refractivity contribution in [2.24, 2.45) is 0 Å². The third-order valence-electron chi connectivity index (χ3n) is 5.94. The highest BCUT2D eigenvalue weighted by molar-refractivity contribution is 14.1. The molecule has 0 bridgehead atoms. The van der Waals surface area contributed by atoms with Gasteiger partial charge in [0.05, 0.1) is 0 Å². The Morgan fingerprint density at radius 2 is 1.63 bits per heavy atom. The molecule has 1 N–H and O–H groups in total. The SMILES string of the molecule is CSC(C)(C)CNC1c2c(I)cccc2C(=O)N1c1ccc(C(F)(C(F)(F)F)C(F)(F)F)cc1C. The lowest BCUT2D eigenvalue weighted by Crippen LogP contribution is -2.50. The maximum Gasteiger partial charge on any atom is 0.435 e. The maximum absolute atomic E-state index is 14.6. The molecule has 1 aliphatic rings. The Morgan fingerprint density at radius 1 is 1.03 bits per heavy atom. The van der Waals surface area contributed by atoms with Gasteiger partial charge in [-0.25, -0.2) is 4.39 Å². The summed E-state index contributed by atoms with van der Waals surface area (Å²) in [5.41, 5.74) is -6.14. The molecule has 1 amide bonds. The lowest BCUT2D eigenvalue weighted by molar-refractivity contribution is -0.348. The van der Waals surface area contributed by atoms with Crippen molar-refractivity contribution in [1.29, 1.82) is 0 Å². The smallest absolute Gasteiger partial charge is 0.292 e. The van der Waals surface area contributed by atoms with E-state index in [2.05, 4.69) is 27.9 Å². The number of anilines is 1. The first-order chi connectivity index (χ1) is 16.0. The monoisotopic (exact) mass is 634 g/mol. The number of thioether (sulfide) groups is 1. The van der Waals surface area contributed by atoms with E-state index in [4.69, 9.17) is 0 Å². The van der Waals surface area contributed by atoms with Crippen molar-refractivity contribution in [3.05, 3.63) is 62.2 Å². The van der Waals surface area contributed by atoms with Gasteiger partial charge in [-0.1, -0.05) is 18.2 Å². The number of nitrogens with one attached hydrogen (secondary N) is 1. The molecule has 0 aliphatic carbocycles. The number of nitrogens with zero attached hydrogens (tertiary/aromatic N) is 1. The Labute approximate surface area is 216 Å². The Balaban J connectivity index is 2.12.